The van der Waals surface area contributed by atoms with E-state index in [1.165, 1.54) is 11.1 Å². The summed E-state index contributed by atoms with van der Waals surface area (Å²) in [7, 11) is 0. The standard InChI is InChI=1S/C21H30O/c1-9-11-12-13-22-19-16(10-2)14-17(20(3,4)5)15-18(19)21(6,7)8/h2,9,14-15H,1,11-13H2,3-8H3. The lowest BCUT2D eigenvalue weighted by atomic mass is 9.79. The van der Waals surface area contributed by atoms with Crippen molar-refractivity contribution in [2.45, 2.75) is 65.2 Å². The minimum Gasteiger partial charge on any atom is -0.492 e. The molecule has 0 amide bonds. The van der Waals surface area contributed by atoms with E-state index in [-0.39, 0.29) is 10.8 Å². The summed E-state index contributed by atoms with van der Waals surface area (Å²) in [4.78, 5) is 0. The summed E-state index contributed by atoms with van der Waals surface area (Å²) in [5, 5.41) is 0. The summed E-state index contributed by atoms with van der Waals surface area (Å²) in [5.74, 6) is 3.68. The predicted molar refractivity (Wildman–Crippen MR) is 96.7 cm³/mol. The van der Waals surface area contributed by atoms with E-state index in [9.17, 15) is 0 Å². The fraction of sp³-hybridized carbons (Fsp3) is 0.524. The molecule has 22 heavy (non-hydrogen) atoms. The molecule has 0 aliphatic heterocycles. The van der Waals surface area contributed by atoms with E-state index in [1.807, 2.05) is 6.08 Å². The number of hydrogen-bond acceptors (Lipinski definition) is 1. The van der Waals surface area contributed by atoms with Gasteiger partial charge in [0, 0.05) is 5.56 Å². The molecule has 0 aromatic heterocycles. The molecule has 0 bridgehead atoms. The molecular weight excluding hydrogens is 268 g/mol. The second-order valence-corrected chi connectivity index (χ2v) is 7.82. The normalized spacial score (nSPS) is 11.9. The zero-order chi connectivity index (χ0) is 17.0. The molecule has 1 aromatic carbocycles. The summed E-state index contributed by atoms with van der Waals surface area (Å²) in [5.41, 5.74) is 3.35. The molecule has 0 spiro atoms. The average Bonchev–Trinajstić information content (AvgIpc) is 2.40. The molecule has 1 aromatic rings. The van der Waals surface area contributed by atoms with Crippen molar-refractivity contribution in [3.63, 3.8) is 0 Å². The van der Waals surface area contributed by atoms with Gasteiger partial charge in [-0.2, -0.15) is 0 Å². The van der Waals surface area contributed by atoms with E-state index in [0.29, 0.717) is 6.61 Å². The molecule has 0 radical (unpaired) electrons. The highest BCUT2D eigenvalue weighted by molar-refractivity contribution is 5.55. The highest BCUT2D eigenvalue weighted by Gasteiger charge is 2.25. The number of unbranched alkanes of at least 4 members (excludes halogenated alkanes) is 1. The van der Waals surface area contributed by atoms with Crippen LogP contribution in [0.4, 0.5) is 0 Å². The highest BCUT2D eigenvalue weighted by atomic mass is 16.5. The van der Waals surface area contributed by atoms with Gasteiger partial charge < -0.3 is 4.74 Å². The summed E-state index contributed by atoms with van der Waals surface area (Å²) in [6, 6.07) is 4.35. The van der Waals surface area contributed by atoms with Crippen molar-refractivity contribution in [2.24, 2.45) is 0 Å². The van der Waals surface area contributed by atoms with E-state index in [0.717, 1.165) is 24.2 Å². The van der Waals surface area contributed by atoms with Crippen molar-refractivity contribution in [3.05, 3.63) is 41.5 Å². The van der Waals surface area contributed by atoms with Gasteiger partial charge in [0.15, 0.2) is 0 Å². The maximum atomic E-state index is 6.07. The van der Waals surface area contributed by atoms with Crippen LogP contribution in [0.25, 0.3) is 0 Å². The molecule has 0 saturated heterocycles. The Kier molecular flexibility index (Phi) is 5.89. The number of allylic oxidation sites excluding steroid dienone is 1. The van der Waals surface area contributed by atoms with Gasteiger partial charge in [0.25, 0.3) is 0 Å². The van der Waals surface area contributed by atoms with E-state index < -0.39 is 0 Å². The first-order chi connectivity index (χ1) is 10.1. The summed E-state index contributed by atoms with van der Waals surface area (Å²) >= 11 is 0. The van der Waals surface area contributed by atoms with Crippen LogP contribution in [0.5, 0.6) is 5.75 Å². The van der Waals surface area contributed by atoms with Gasteiger partial charge in [0.2, 0.25) is 0 Å². The van der Waals surface area contributed by atoms with Gasteiger partial charge in [-0.1, -0.05) is 59.6 Å². The molecule has 120 valence electrons. The lowest BCUT2D eigenvalue weighted by Crippen LogP contribution is -2.19. The van der Waals surface area contributed by atoms with Crippen LogP contribution in [0.1, 0.15) is 71.1 Å². The Bertz CT molecular complexity index is 559. The summed E-state index contributed by atoms with van der Waals surface area (Å²) in [6.07, 6.45) is 9.59. The van der Waals surface area contributed by atoms with Gasteiger partial charge >= 0.3 is 0 Å². The first-order valence-corrected chi connectivity index (χ1v) is 8.00. The van der Waals surface area contributed by atoms with Gasteiger partial charge in [-0.15, -0.1) is 13.0 Å². The SMILES string of the molecule is C#Cc1cc(C(C)(C)C)cc(C(C)(C)C)c1OCCCC=C. The van der Waals surface area contributed by atoms with E-state index >= 15 is 0 Å². The minimum atomic E-state index is -0.0133. The lowest BCUT2D eigenvalue weighted by Gasteiger charge is -2.28. The molecule has 0 aliphatic rings. The Balaban J connectivity index is 3.34. The third-order valence-electron chi connectivity index (χ3n) is 3.72. The van der Waals surface area contributed by atoms with Crippen molar-refractivity contribution in [1.82, 2.24) is 0 Å². The predicted octanol–water partition coefficient (Wildman–Crippen LogP) is 5.61. The van der Waals surface area contributed by atoms with Crippen LogP contribution in [-0.4, -0.2) is 6.61 Å². The van der Waals surface area contributed by atoms with Crippen molar-refractivity contribution in [3.8, 4) is 18.1 Å². The van der Waals surface area contributed by atoms with Crippen LogP contribution in [-0.2, 0) is 10.8 Å². The summed E-state index contributed by atoms with van der Waals surface area (Å²) in [6.45, 7) is 17.6. The van der Waals surface area contributed by atoms with Crippen LogP contribution in [0, 0.1) is 12.3 Å². The second kappa shape index (κ2) is 7.05. The van der Waals surface area contributed by atoms with Crippen LogP contribution in [0.2, 0.25) is 0 Å². The molecular formula is C21H30O. The fourth-order valence-corrected chi connectivity index (χ4v) is 2.28. The molecule has 1 rings (SSSR count). The molecule has 0 saturated carbocycles. The Hall–Kier alpha value is -1.68. The van der Waals surface area contributed by atoms with E-state index in [1.54, 1.807) is 0 Å². The first-order valence-electron chi connectivity index (χ1n) is 8.00. The number of rotatable bonds is 5. The molecule has 0 heterocycles. The van der Waals surface area contributed by atoms with Crippen molar-refractivity contribution < 1.29 is 4.74 Å². The first kappa shape index (κ1) is 18.4. The van der Waals surface area contributed by atoms with Gasteiger partial charge in [-0.25, -0.2) is 0 Å². The Labute approximate surface area is 136 Å². The third-order valence-corrected chi connectivity index (χ3v) is 3.72. The molecule has 0 fully saturated rings. The smallest absolute Gasteiger partial charge is 0.138 e. The van der Waals surface area contributed by atoms with E-state index in [4.69, 9.17) is 11.2 Å². The zero-order valence-corrected chi connectivity index (χ0v) is 15.0. The molecule has 0 N–H and O–H groups in total. The highest BCUT2D eigenvalue weighted by Crippen LogP contribution is 2.38. The van der Waals surface area contributed by atoms with Crippen LogP contribution in [0.3, 0.4) is 0 Å². The third kappa shape index (κ3) is 4.67. The second-order valence-electron chi connectivity index (χ2n) is 7.82. The maximum Gasteiger partial charge on any atom is 0.138 e. The van der Waals surface area contributed by atoms with Crippen LogP contribution < -0.4 is 4.74 Å². The topological polar surface area (TPSA) is 9.23 Å². The number of ether oxygens (including phenoxy) is 1. The molecule has 1 heteroatoms. The van der Waals surface area contributed by atoms with E-state index in [2.05, 4.69) is 66.2 Å². The van der Waals surface area contributed by atoms with Gasteiger partial charge in [0.1, 0.15) is 5.75 Å². The molecule has 1 nitrogen and oxygen atoms in total. The van der Waals surface area contributed by atoms with Gasteiger partial charge in [0.05, 0.1) is 12.2 Å². The largest absolute Gasteiger partial charge is 0.492 e. The maximum absolute atomic E-state index is 6.07. The van der Waals surface area contributed by atoms with Crippen molar-refractivity contribution in [1.29, 1.82) is 0 Å². The molecule has 0 aliphatic carbocycles. The summed E-state index contributed by atoms with van der Waals surface area (Å²) < 4.78 is 6.07. The number of terminal acetylenes is 1. The number of benzene rings is 1. The minimum absolute atomic E-state index is 0.0133. The average molecular weight is 298 g/mol. The Morgan fingerprint density at radius 2 is 1.77 bits per heavy atom. The lowest BCUT2D eigenvalue weighted by molar-refractivity contribution is 0.302. The monoisotopic (exact) mass is 298 g/mol. The van der Waals surface area contributed by atoms with Crippen LogP contribution in [0.15, 0.2) is 24.8 Å². The molecule has 0 unspecified atom stereocenters. The van der Waals surface area contributed by atoms with Crippen LogP contribution >= 0.6 is 0 Å². The van der Waals surface area contributed by atoms with Crippen molar-refractivity contribution >= 4 is 0 Å². The number of hydrogen-bond donors (Lipinski definition) is 0. The van der Waals surface area contributed by atoms with Gasteiger partial charge in [-0.05, 0) is 35.3 Å². The fourth-order valence-electron chi connectivity index (χ4n) is 2.28. The molecule has 0 atom stereocenters. The Morgan fingerprint density at radius 3 is 2.23 bits per heavy atom. The zero-order valence-electron chi connectivity index (χ0n) is 15.0. The quantitative estimate of drug-likeness (QED) is 0.390. The van der Waals surface area contributed by atoms with Crippen molar-refractivity contribution in [2.75, 3.05) is 6.61 Å². The van der Waals surface area contributed by atoms with Gasteiger partial charge in [-0.3, -0.25) is 0 Å². The Morgan fingerprint density at radius 1 is 1.14 bits per heavy atom.